The van der Waals surface area contributed by atoms with Crippen molar-refractivity contribution in [3.8, 4) is 0 Å². The molecular weight excluding hydrogens is 290 g/mol. The molecule has 1 aromatic carbocycles. The van der Waals surface area contributed by atoms with Gasteiger partial charge in [-0.3, -0.25) is 9.59 Å². The third-order valence-corrected chi connectivity index (χ3v) is 4.95. The first-order valence-electron chi connectivity index (χ1n) is 8.43. The SMILES string of the molecule is Cc1c(C=O)ccc2c1C(C)(C)CCN2CCCCCC(=O)O. The number of benzene rings is 1. The van der Waals surface area contributed by atoms with E-state index in [2.05, 4.69) is 24.8 Å². The van der Waals surface area contributed by atoms with E-state index in [1.54, 1.807) is 0 Å². The average Bonchev–Trinajstić information content (AvgIpc) is 2.48. The maximum atomic E-state index is 11.2. The highest BCUT2D eigenvalue weighted by atomic mass is 16.4. The van der Waals surface area contributed by atoms with E-state index in [4.69, 9.17) is 5.11 Å². The van der Waals surface area contributed by atoms with Gasteiger partial charge in [-0.25, -0.2) is 0 Å². The highest BCUT2D eigenvalue weighted by Crippen LogP contribution is 2.42. The third kappa shape index (κ3) is 3.92. The highest BCUT2D eigenvalue weighted by molar-refractivity contribution is 5.81. The number of aliphatic carboxylic acids is 1. The molecular formula is C19H27NO3. The number of fused-ring (bicyclic) bond motifs is 1. The number of carboxylic acids is 1. The van der Waals surface area contributed by atoms with Gasteiger partial charge in [-0.2, -0.15) is 0 Å². The molecule has 1 aliphatic rings. The van der Waals surface area contributed by atoms with Crippen molar-refractivity contribution in [3.05, 3.63) is 28.8 Å². The van der Waals surface area contributed by atoms with Crippen LogP contribution in [0.4, 0.5) is 5.69 Å². The van der Waals surface area contributed by atoms with Gasteiger partial charge < -0.3 is 10.0 Å². The Morgan fingerprint density at radius 1 is 1.30 bits per heavy atom. The van der Waals surface area contributed by atoms with Gasteiger partial charge in [0.05, 0.1) is 0 Å². The summed E-state index contributed by atoms with van der Waals surface area (Å²) in [5, 5.41) is 8.69. The number of hydrogen-bond donors (Lipinski definition) is 1. The molecule has 1 N–H and O–H groups in total. The molecule has 0 bridgehead atoms. The molecule has 0 aliphatic carbocycles. The second-order valence-corrected chi connectivity index (χ2v) is 7.12. The van der Waals surface area contributed by atoms with Gasteiger partial charge in [0.2, 0.25) is 0 Å². The fourth-order valence-electron chi connectivity index (χ4n) is 3.61. The van der Waals surface area contributed by atoms with E-state index in [1.165, 1.54) is 11.3 Å². The molecule has 0 aromatic heterocycles. The first kappa shape index (κ1) is 17.5. The molecule has 0 atom stereocenters. The zero-order valence-electron chi connectivity index (χ0n) is 14.4. The largest absolute Gasteiger partial charge is 0.481 e. The number of rotatable bonds is 7. The summed E-state index contributed by atoms with van der Waals surface area (Å²) in [6, 6.07) is 3.99. The maximum absolute atomic E-state index is 11.2. The monoisotopic (exact) mass is 317 g/mol. The van der Waals surface area contributed by atoms with Gasteiger partial charge in [0.15, 0.2) is 0 Å². The lowest BCUT2D eigenvalue weighted by molar-refractivity contribution is -0.137. The summed E-state index contributed by atoms with van der Waals surface area (Å²) in [6.07, 6.45) is 4.94. The highest BCUT2D eigenvalue weighted by Gasteiger charge is 2.33. The van der Waals surface area contributed by atoms with Crippen LogP contribution in [0.3, 0.4) is 0 Å². The molecule has 1 aliphatic heterocycles. The van der Waals surface area contributed by atoms with Crippen molar-refractivity contribution in [2.45, 2.75) is 58.3 Å². The number of aldehydes is 1. The van der Waals surface area contributed by atoms with Gasteiger partial charge in [-0.1, -0.05) is 20.3 Å². The minimum Gasteiger partial charge on any atom is -0.481 e. The van der Waals surface area contributed by atoms with Gasteiger partial charge in [0.1, 0.15) is 6.29 Å². The van der Waals surface area contributed by atoms with Crippen LogP contribution < -0.4 is 4.90 Å². The molecule has 4 heteroatoms. The fourth-order valence-corrected chi connectivity index (χ4v) is 3.61. The molecule has 23 heavy (non-hydrogen) atoms. The number of hydrogen-bond acceptors (Lipinski definition) is 3. The molecule has 0 amide bonds. The second kappa shape index (κ2) is 7.16. The van der Waals surface area contributed by atoms with E-state index in [-0.39, 0.29) is 11.8 Å². The Morgan fingerprint density at radius 3 is 2.70 bits per heavy atom. The summed E-state index contributed by atoms with van der Waals surface area (Å²) in [5.74, 6) is -0.716. The zero-order chi connectivity index (χ0) is 17.0. The molecule has 0 radical (unpaired) electrons. The van der Waals surface area contributed by atoms with Crippen LogP contribution in [0.5, 0.6) is 0 Å². The average molecular weight is 317 g/mol. The first-order chi connectivity index (χ1) is 10.9. The van der Waals surface area contributed by atoms with Crippen molar-refractivity contribution in [2.75, 3.05) is 18.0 Å². The lowest BCUT2D eigenvalue weighted by atomic mass is 9.74. The lowest BCUT2D eigenvalue weighted by Crippen LogP contribution is -2.38. The Hall–Kier alpha value is -1.84. The van der Waals surface area contributed by atoms with E-state index in [1.807, 2.05) is 13.0 Å². The predicted octanol–water partition coefficient (Wildman–Crippen LogP) is 3.94. The molecule has 0 saturated carbocycles. The van der Waals surface area contributed by atoms with Gasteiger partial charge in [-0.05, 0) is 54.9 Å². The second-order valence-electron chi connectivity index (χ2n) is 7.12. The molecule has 126 valence electrons. The minimum atomic E-state index is -0.716. The number of carbonyl (C=O) groups is 2. The molecule has 0 fully saturated rings. The molecule has 1 heterocycles. The van der Waals surface area contributed by atoms with Gasteiger partial charge in [0.25, 0.3) is 0 Å². The Bertz CT molecular complexity index is 593. The molecule has 1 aromatic rings. The van der Waals surface area contributed by atoms with Crippen molar-refractivity contribution < 1.29 is 14.7 Å². The topological polar surface area (TPSA) is 57.6 Å². The van der Waals surface area contributed by atoms with Crippen LogP contribution in [0.2, 0.25) is 0 Å². The quantitative estimate of drug-likeness (QED) is 0.611. The van der Waals surface area contributed by atoms with Crippen molar-refractivity contribution in [2.24, 2.45) is 0 Å². The van der Waals surface area contributed by atoms with Crippen LogP contribution >= 0.6 is 0 Å². The van der Waals surface area contributed by atoms with Gasteiger partial charge in [-0.15, -0.1) is 0 Å². The maximum Gasteiger partial charge on any atom is 0.303 e. The van der Waals surface area contributed by atoms with E-state index in [0.29, 0.717) is 0 Å². The normalized spacial score (nSPS) is 16.0. The van der Waals surface area contributed by atoms with E-state index < -0.39 is 5.97 Å². The summed E-state index contributed by atoms with van der Waals surface area (Å²) in [7, 11) is 0. The van der Waals surface area contributed by atoms with Gasteiger partial charge in [0, 0.05) is 30.8 Å². The number of nitrogens with zero attached hydrogens (tertiary/aromatic N) is 1. The van der Waals surface area contributed by atoms with Crippen LogP contribution in [-0.2, 0) is 10.2 Å². The lowest BCUT2D eigenvalue weighted by Gasteiger charge is -2.41. The summed E-state index contributed by atoms with van der Waals surface area (Å²) in [4.78, 5) is 24.2. The molecule has 2 rings (SSSR count). The minimum absolute atomic E-state index is 0.0816. The molecule has 4 nitrogen and oxygen atoms in total. The van der Waals surface area contributed by atoms with Crippen molar-refractivity contribution >= 4 is 17.9 Å². The Morgan fingerprint density at radius 2 is 2.04 bits per heavy atom. The van der Waals surface area contributed by atoms with Crippen LogP contribution in [0.25, 0.3) is 0 Å². The smallest absolute Gasteiger partial charge is 0.303 e. The standard InChI is InChI=1S/C19H27NO3/c1-14-15(13-21)8-9-16-18(14)19(2,3)10-12-20(16)11-6-4-5-7-17(22)23/h8-9,13H,4-7,10-12H2,1-3H3,(H,22,23). The van der Waals surface area contributed by atoms with Crippen molar-refractivity contribution in [1.82, 2.24) is 0 Å². The summed E-state index contributed by atoms with van der Waals surface area (Å²) >= 11 is 0. The molecule has 0 saturated heterocycles. The Labute approximate surface area is 138 Å². The van der Waals surface area contributed by atoms with Crippen LogP contribution in [0, 0.1) is 6.92 Å². The Balaban J connectivity index is 2.12. The first-order valence-corrected chi connectivity index (χ1v) is 8.43. The molecule has 0 unspecified atom stereocenters. The van der Waals surface area contributed by atoms with Crippen molar-refractivity contribution in [1.29, 1.82) is 0 Å². The zero-order valence-corrected chi connectivity index (χ0v) is 14.4. The predicted molar refractivity (Wildman–Crippen MR) is 92.5 cm³/mol. The van der Waals surface area contributed by atoms with Crippen molar-refractivity contribution in [3.63, 3.8) is 0 Å². The van der Waals surface area contributed by atoms with Crippen LogP contribution in [0.15, 0.2) is 12.1 Å². The molecule has 0 spiro atoms. The van der Waals surface area contributed by atoms with E-state index in [9.17, 15) is 9.59 Å². The fraction of sp³-hybridized carbons (Fsp3) is 0.579. The summed E-state index contributed by atoms with van der Waals surface area (Å²) in [6.45, 7) is 8.50. The number of carbonyl (C=O) groups excluding carboxylic acids is 1. The number of anilines is 1. The third-order valence-electron chi connectivity index (χ3n) is 4.95. The summed E-state index contributed by atoms with van der Waals surface area (Å²) in [5.41, 5.74) is 4.48. The van der Waals surface area contributed by atoms with Crippen LogP contribution in [-0.4, -0.2) is 30.5 Å². The Kier molecular flexibility index (Phi) is 5.45. The van der Waals surface area contributed by atoms with E-state index >= 15 is 0 Å². The van der Waals surface area contributed by atoms with Crippen LogP contribution in [0.1, 0.15) is 67.4 Å². The van der Waals surface area contributed by atoms with Gasteiger partial charge >= 0.3 is 5.97 Å². The number of unbranched alkanes of at least 4 members (excludes halogenated alkanes) is 2. The summed E-state index contributed by atoms with van der Waals surface area (Å²) < 4.78 is 0. The number of carboxylic acid groups (broad SMARTS) is 1. The van der Waals surface area contributed by atoms with E-state index in [0.717, 1.165) is 56.2 Å².